The van der Waals surface area contributed by atoms with Gasteiger partial charge in [0.15, 0.2) is 5.65 Å². The Bertz CT molecular complexity index is 1130. The molecule has 1 aliphatic heterocycles. The number of aromatic nitrogens is 5. The molecule has 1 unspecified atom stereocenters. The van der Waals surface area contributed by atoms with Crippen LogP contribution >= 0.6 is 11.8 Å². The average Bonchev–Trinajstić information content (AvgIpc) is 2.93. The predicted octanol–water partition coefficient (Wildman–Crippen LogP) is 2.02. The molecule has 0 saturated heterocycles. The molecule has 1 atom stereocenters. The SMILES string of the molecule is CCNC(=O)C1CCc2nn(Cc3ncc(C)c(OC)c3C)c3nc(N)nc(c23)S1. The van der Waals surface area contributed by atoms with Crippen molar-refractivity contribution in [3.63, 3.8) is 0 Å². The first-order valence-corrected chi connectivity index (χ1v) is 10.8. The lowest BCUT2D eigenvalue weighted by molar-refractivity contribution is -0.120. The van der Waals surface area contributed by atoms with Crippen LogP contribution in [0, 0.1) is 13.8 Å². The standard InChI is InChI=1S/C20H25N7O2S/c1-5-22-18(28)14-7-6-12-15-17(24-20(21)25-19(15)30-14)27(26-12)9-13-11(3)16(29-4)10(2)8-23-13/h8,14H,5-7,9H2,1-4H3,(H,22,28)(H2,21,24,25). The molecule has 0 aromatic carbocycles. The summed E-state index contributed by atoms with van der Waals surface area (Å²) >= 11 is 1.43. The minimum absolute atomic E-state index is 0.0115. The fourth-order valence-corrected chi connectivity index (χ4v) is 4.97. The van der Waals surface area contributed by atoms with Crippen molar-refractivity contribution in [3.05, 3.63) is 28.7 Å². The summed E-state index contributed by atoms with van der Waals surface area (Å²) < 4.78 is 7.35. The average molecular weight is 428 g/mol. The summed E-state index contributed by atoms with van der Waals surface area (Å²) in [6, 6.07) is 0. The second kappa shape index (κ2) is 8.10. The van der Waals surface area contributed by atoms with Crippen LogP contribution in [-0.4, -0.2) is 49.5 Å². The highest BCUT2D eigenvalue weighted by molar-refractivity contribution is 8.00. The number of hydrogen-bond donors (Lipinski definition) is 2. The Labute approximate surface area is 178 Å². The number of carbonyl (C=O) groups is 1. The smallest absolute Gasteiger partial charge is 0.233 e. The number of rotatable bonds is 5. The molecule has 4 rings (SSSR count). The summed E-state index contributed by atoms with van der Waals surface area (Å²) in [5.41, 5.74) is 10.4. The highest BCUT2D eigenvalue weighted by Gasteiger charge is 2.29. The van der Waals surface area contributed by atoms with Crippen LogP contribution in [0.2, 0.25) is 0 Å². The third kappa shape index (κ3) is 3.55. The predicted molar refractivity (Wildman–Crippen MR) is 116 cm³/mol. The lowest BCUT2D eigenvalue weighted by atomic mass is 10.1. The molecule has 9 nitrogen and oxygen atoms in total. The summed E-state index contributed by atoms with van der Waals surface area (Å²) in [4.78, 5) is 25.9. The van der Waals surface area contributed by atoms with Crippen molar-refractivity contribution in [2.45, 2.75) is 50.4 Å². The Morgan fingerprint density at radius 1 is 1.40 bits per heavy atom. The Balaban J connectivity index is 1.76. The van der Waals surface area contributed by atoms with Gasteiger partial charge < -0.3 is 15.8 Å². The van der Waals surface area contributed by atoms with Crippen LogP contribution in [0.25, 0.3) is 11.0 Å². The normalized spacial score (nSPS) is 15.8. The number of nitrogen functional groups attached to an aromatic ring is 1. The lowest BCUT2D eigenvalue weighted by Crippen LogP contribution is -2.32. The fraction of sp³-hybridized carbons (Fsp3) is 0.450. The third-order valence-corrected chi connectivity index (χ3v) is 6.49. The number of aryl methyl sites for hydroxylation is 2. The monoisotopic (exact) mass is 427 g/mol. The van der Waals surface area contributed by atoms with Crippen LogP contribution in [0.4, 0.5) is 5.95 Å². The van der Waals surface area contributed by atoms with Crippen LogP contribution in [0.5, 0.6) is 5.75 Å². The first kappa shape index (κ1) is 20.4. The maximum atomic E-state index is 12.4. The molecule has 4 heterocycles. The van der Waals surface area contributed by atoms with E-state index >= 15 is 0 Å². The van der Waals surface area contributed by atoms with E-state index in [0.29, 0.717) is 36.6 Å². The molecule has 0 aliphatic carbocycles. The summed E-state index contributed by atoms with van der Waals surface area (Å²) in [5, 5.41) is 9.06. The van der Waals surface area contributed by atoms with Gasteiger partial charge >= 0.3 is 0 Å². The van der Waals surface area contributed by atoms with E-state index in [1.807, 2.05) is 25.5 Å². The van der Waals surface area contributed by atoms with E-state index < -0.39 is 0 Å². The molecule has 30 heavy (non-hydrogen) atoms. The largest absolute Gasteiger partial charge is 0.496 e. The van der Waals surface area contributed by atoms with Crippen LogP contribution in [0.15, 0.2) is 11.2 Å². The zero-order valence-corrected chi connectivity index (χ0v) is 18.3. The second-order valence-corrected chi connectivity index (χ2v) is 8.47. The number of nitrogens with one attached hydrogen (secondary N) is 1. The molecular weight excluding hydrogens is 402 g/mol. The molecule has 3 N–H and O–H groups in total. The van der Waals surface area contributed by atoms with Crippen LogP contribution < -0.4 is 15.8 Å². The third-order valence-electron chi connectivity index (χ3n) is 5.24. The van der Waals surface area contributed by atoms with Crippen LogP contribution in [0.1, 0.15) is 35.9 Å². The van der Waals surface area contributed by atoms with Crippen molar-refractivity contribution in [1.29, 1.82) is 0 Å². The van der Waals surface area contributed by atoms with Crippen molar-refractivity contribution in [1.82, 2.24) is 30.0 Å². The number of pyridine rings is 1. The number of nitrogens with zero attached hydrogens (tertiary/aromatic N) is 5. The van der Waals surface area contributed by atoms with Gasteiger partial charge in [0.25, 0.3) is 0 Å². The molecule has 1 amide bonds. The highest BCUT2D eigenvalue weighted by Crippen LogP contribution is 2.37. The molecule has 0 bridgehead atoms. The zero-order valence-electron chi connectivity index (χ0n) is 17.5. The lowest BCUT2D eigenvalue weighted by Gasteiger charge is -2.14. The molecule has 0 saturated carbocycles. The number of carbonyl (C=O) groups excluding carboxylic acids is 1. The van der Waals surface area contributed by atoms with E-state index in [4.69, 9.17) is 15.6 Å². The Morgan fingerprint density at radius 2 is 2.20 bits per heavy atom. The van der Waals surface area contributed by atoms with E-state index in [9.17, 15) is 4.79 Å². The van der Waals surface area contributed by atoms with Gasteiger partial charge in [-0.25, -0.2) is 9.67 Å². The maximum absolute atomic E-state index is 12.4. The van der Waals surface area contributed by atoms with Crippen molar-refractivity contribution in [2.24, 2.45) is 0 Å². The highest BCUT2D eigenvalue weighted by atomic mass is 32.2. The van der Waals surface area contributed by atoms with Gasteiger partial charge in [-0.05, 0) is 33.6 Å². The van der Waals surface area contributed by atoms with E-state index in [1.54, 1.807) is 13.3 Å². The zero-order chi connectivity index (χ0) is 21.4. The van der Waals surface area contributed by atoms with Gasteiger partial charge in [0.1, 0.15) is 10.8 Å². The number of nitrogens with two attached hydrogens (primary N) is 1. The van der Waals surface area contributed by atoms with E-state index in [0.717, 1.165) is 33.7 Å². The number of thioether (sulfide) groups is 1. The van der Waals surface area contributed by atoms with Crippen LogP contribution in [0.3, 0.4) is 0 Å². The molecule has 158 valence electrons. The van der Waals surface area contributed by atoms with Crippen LogP contribution in [-0.2, 0) is 17.8 Å². The topological polar surface area (TPSA) is 121 Å². The van der Waals surface area contributed by atoms with E-state index in [-0.39, 0.29) is 17.1 Å². The molecule has 0 fully saturated rings. The van der Waals surface area contributed by atoms with Crippen molar-refractivity contribution < 1.29 is 9.53 Å². The first-order valence-electron chi connectivity index (χ1n) is 9.89. The minimum atomic E-state index is -0.227. The number of ether oxygens (including phenoxy) is 1. The summed E-state index contributed by atoms with van der Waals surface area (Å²) in [5.74, 6) is 1.01. The van der Waals surface area contributed by atoms with Gasteiger partial charge in [0, 0.05) is 23.9 Å². The van der Waals surface area contributed by atoms with Gasteiger partial charge in [-0.2, -0.15) is 10.1 Å². The van der Waals surface area contributed by atoms with E-state index in [1.165, 1.54) is 11.8 Å². The molecule has 0 radical (unpaired) electrons. The second-order valence-electron chi connectivity index (χ2n) is 7.28. The number of hydrogen-bond acceptors (Lipinski definition) is 8. The van der Waals surface area contributed by atoms with Gasteiger partial charge in [-0.3, -0.25) is 9.78 Å². The van der Waals surface area contributed by atoms with Crippen molar-refractivity contribution >= 4 is 34.7 Å². The maximum Gasteiger partial charge on any atom is 0.233 e. The summed E-state index contributed by atoms with van der Waals surface area (Å²) in [7, 11) is 1.66. The minimum Gasteiger partial charge on any atom is -0.496 e. The molecule has 10 heteroatoms. The molecule has 1 aliphatic rings. The van der Waals surface area contributed by atoms with E-state index in [2.05, 4.69) is 20.3 Å². The summed E-state index contributed by atoms with van der Waals surface area (Å²) in [6.07, 6.45) is 3.15. The van der Waals surface area contributed by atoms with Gasteiger partial charge in [-0.1, -0.05) is 11.8 Å². The number of anilines is 1. The Hall–Kier alpha value is -2.88. The molecule has 0 spiro atoms. The van der Waals surface area contributed by atoms with Gasteiger partial charge in [-0.15, -0.1) is 0 Å². The first-order chi connectivity index (χ1) is 14.4. The fourth-order valence-electron chi connectivity index (χ4n) is 3.80. The summed E-state index contributed by atoms with van der Waals surface area (Å²) in [6.45, 7) is 6.92. The number of methoxy groups -OCH3 is 1. The Morgan fingerprint density at radius 3 is 2.93 bits per heavy atom. The Kier molecular flexibility index (Phi) is 5.50. The van der Waals surface area contributed by atoms with Crippen molar-refractivity contribution in [2.75, 3.05) is 19.4 Å². The van der Waals surface area contributed by atoms with Gasteiger partial charge in [0.2, 0.25) is 11.9 Å². The number of amides is 1. The molecule has 3 aromatic heterocycles. The quantitative estimate of drug-likeness (QED) is 0.593. The molecule has 3 aromatic rings. The molecular formula is C20H25N7O2S. The van der Waals surface area contributed by atoms with Gasteiger partial charge in [0.05, 0.1) is 35.7 Å². The van der Waals surface area contributed by atoms with Crippen molar-refractivity contribution in [3.8, 4) is 5.75 Å².